The molecule has 5 rings (SSSR count). The Labute approximate surface area is 227 Å². The van der Waals surface area contributed by atoms with Gasteiger partial charge in [0.15, 0.2) is 5.13 Å². The summed E-state index contributed by atoms with van der Waals surface area (Å²) in [6.07, 6.45) is 0.961. The summed E-state index contributed by atoms with van der Waals surface area (Å²) in [6, 6.07) is 9.84. The zero-order chi connectivity index (χ0) is 26.8. The number of anilines is 2. The number of benzene rings is 2. The van der Waals surface area contributed by atoms with E-state index in [0.717, 1.165) is 10.2 Å². The van der Waals surface area contributed by atoms with Crippen molar-refractivity contribution in [3.63, 3.8) is 0 Å². The van der Waals surface area contributed by atoms with Gasteiger partial charge < -0.3 is 20.1 Å². The molecule has 1 amide bonds. The van der Waals surface area contributed by atoms with Crippen LogP contribution in [0, 0.1) is 11.7 Å². The van der Waals surface area contributed by atoms with E-state index in [1.165, 1.54) is 28.4 Å². The molecule has 2 aromatic carbocycles. The maximum absolute atomic E-state index is 15.0. The van der Waals surface area contributed by atoms with E-state index in [9.17, 15) is 14.0 Å². The van der Waals surface area contributed by atoms with Gasteiger partial charge in [-0.25, -0.2) is 13.8 Å². The zero-order valence-corrected chi connectivity index (χ0v) is 22.1. The lowest BCUT2D eigenvalue weighted by molar-refractivity contribution is -0.144. The Kier molecular flexibility index (Phi) is 8.11. The second-order valence-corrected chi connectivity index (χ2v) is 11.3. The number of thiazole rings is 1. The highest BCUT2D eigenvalue weighted by Crippen LogP contribution is 2.33. The second-order valence-electron chi connectivity index (χ2n) is 9.89. The number of aromatic nitrogens is 1. The number of ether oxygens (including phenoxy) is 1. The fourth-order valence-electron chi connectivity index (χ4n) is 5.17. The van der Waals surface area contributed by atoms with Gasteiger partial charge in [0.1, 0.15) is 12.0 Å². The van der Waals surface area contributed by atoms with Crippen LogP contribution in [0.2, 0.25) is 5.02 Å². The molecule has 0 bridgehead atoms. The number of para-hydroxylation sites is 1. The summed E-state index contributed by atoms with van der Waals surface area (Å²) >= 11 is 7.83. The van der Waals surface area contributed by atoms with E-state index in [2.05, 4.69) is 10.3 Å². The van der Waals surface area contributed by atoms with Gasteiger partial charge in [0.2, 0.25) is 5.91 Å². The largest absolute Gasteiger partial charge is 0.481 e. The van der Waals surface area contributed by atoms with E-state index in [4.69, 9.17) is 21.4 Å². The van der Waals surface area contributed by atoms with Crippen molar-refractivity contribution in [1.29, 1.82) is 0 Å². The van der Waals surface area contributed by atoms with Crippen molar-refractivity contribution < 1.29 is 28.2 Å². The van der Waals surface area contributed by atoms with Crippen LogP contribution in [0.5, 0.6) is 0 Å². The molecule has 1 aromatic heterocycles. The fourth-order valence-corrected chi connectivity index (χ4v) is 6.28. The minimum absolute atomic E-state index is 0.0643. The van der Waals surface area contributed by atoms with Gasteiger partial charge in [0.25, 0.3) is 0 Å². The number of carbonyl (C=O) groups excluding carboxylic acids is 1. The number of hydrogen-bond donors (Lipinski definition) is 2. The number of alkyl halides is 1. The third-order valence-corrected chi connectivity index (χ3v) is 8.51. The zero-order valence-electron chi connectivity index (χ0n) is 20.5. The van der Waals surface area contributed by atoms with Crippen LogP contribution in [0.4, 0.5) is 19.6 Å². The maximum atomic E-state index is 15.0. The Hall–Kier alpha value is -2.82. The number of halogens is 3. The lowest BCUT2D eigenvalue weighted by atomic mass is 9.87. The molecule has 11 heteroatoms. The normalized spacial score (nSPS) is 23.6. The first kappa shape index (κ1) is 26.8. The van der Waals surface area contributed by atoms with Crippen molar-refractivity contribution >= 4 is 55.8 Å². The smallest absolute Gasteiger partial charge is 0.306 e. The number of nitrogens with one attached hydrogen (secondary N) is 1. The van der Waals surface area contributed by atoms with Crippen molar-refractivity contribution in [3.8, 4) is 0 Å². The number of carbonyl (C=O) groups is 2. The van der Waals surface area contributed by atoms with Crippen LogP contribution in [0.1, 0.15) is 37.7 Å². The monoisotopic (exact) mass is 563 g/mol. The molecule has 38 heavy (non-hydrogen) atoms. The molecule has 3 aromatic rings. The van der Waals surface area contributed by atoms with Gasteiger partial charge in [-0.15, -0.1) is 0 Å². The lowest BCUT2D eigenvalue weighted by Crippen LogP contribution is -2.40. The topological polar surface area (TPSA) is 91.8 Å². The second kappa shape index (κ2) is 11.5. The van der Waals surface area contributed by atoms with E-state index in [0.29, 0.717) is 36.5 Å². The molecule has 202 valence electrons. The van der Waals surface area contributed by atoms with Gasteiger partial charge in [-0.2, -0.15) is 0 Å². The molecule has 7 nitrogen and oxygen atoms in total. The predicted octanol–water partition coefficient (Wildman–Crippen LogP) is 5.97. The molecular weight excluding hydrogens is 536 g/mol. The van der Waals surface area contributed by atoms with Crippen molar-refractivity contribution in [1.82, 2.24) is 9.88 Å². The number of aliphatic carboxylic acids is 1. The molecule has 0 unspecified atom stereocenters. The minimum Gasteiger partial charge on any atom is -0.481 e. The third-order valence-electron chi connectivity index (χ3n) is 7.24. The van der Waals surface area contributed by atoms with Crippen LogP contribution < -0.4 is 5.32 Å². The summed E-state index contributed by atoms with van der Waals surface area (Å²) < 4.78 is 36.2. The molecule has 2 heterocycles. The molecule has 2 atom stereocenters. The van der Waals surface area contributed by atoms with Crippen molar-refractivity contribution in [2.45, 2.75) is 56.8 Å². The first-order valence-corrected chi connectivity index (χ1v) is 13.8. The van der Waals surface area contributed by atoms with Crippen molar-refractivity contribution in [2.24, 2.45) is 5.92 Å². The molecule has 0 radical (unpaired) electrons. The number of likely N-dealkylation sites (tertiary alicyclic amines) is 1. The van der Waals surface area contributed by atoms with Crippen LogP contribution >= 0.6 is 22.9 Å². The molecule has 1 aliphatic heterocycles. The van der Waals surface area contributed by atoms with E-state index in [1.54, 1.807) is 0 Å². The van der Waals surface area contributed by atoms with Gasteiger partial charge in [0.05, 0.1) is 58.6 Å². The number of nitrogens with zero attached hydrogens (tertiary/aromatic N) is 2. The summed E-state index contributed by atoms with van der Waals surface area (Å²) in [5, 5.41) is 13.0. The first-order chi connectivity index (χ1) is 18.3. The van der Waals surface area contributed by atoms with Crippen molar-refractivity contribution in [2.75, 3.05) is 18.5 Å². The van der Waals surface area contributed by atoms with Crippen LogP contribution in [-0.2, 0) is 20.7 Å². The molecule has 2 aliphatic rings. The van der Waals surface area contributed by atoms with Crippen LogP contribution in [0.3, 0.4) is 0 Å². The fraction of sp³-hybridized carbons (Fsp3) is 0.444. The number of rotatable bonds is 8. The van der Waals surface area contributed by atoms with Crippen LogP contribution in [0.15, 0.2) is 36.4 Å². The van der Waals surface area contributed by atoms with Crippen molar-refractivity contribution in [3.05, 3.63) is 52.8 Å². The first-order valence-electron chi connectivity index (χ1n) is 12.6. The van der Waals surface area contributed by atoms with Crippen LogP contribution in [-0.4, -0.2) is 58.3 Å². The maximum Gasteiger partial charge on any atom is 0.306 e. The Balaban J connectivity index is 1.20. The van der Waals surface area contributed by atoms with E-state index >= 15 is 4.39 Å². The number of fused-ring (bicyclic) bond motifs is 1. The van der Waals surface area contributed by atoms with Gasteiger partial charge >= 0.3 is 5.97 Å². The SMILES string of the molecule is O=C(Cc1cc(Cl)c(Nc2nc3ccccc3s2)cc1F)N1C[C@@H](F)C[C@H]1CO[C@H]1CC[C@H](C(=O)O)CC1. The van der Waals surface area contributed by atoms with Gasteiger partial charge in [-0.05, 0) is 55.5 Å². The molecule has 0 spiro atoms. The summed E-state index contributed by atoms with van der Waals surface area (Å²) in [5.74, 6) is -2.12. The highest BCUT2D eigenvalue weighted by Gasteiger charge is 2.36. The summed E-state index contributed by atoms with van der Waals surface area (Å²) in [7, 11) is 0. The average Bonchev–Trinajstić information content (AvgIpc) is 3.48. The number of amides is 1. The van der Waals surface area contributed by atoms with E-state index in [-0.39, 0.29) is 48.6 Å². The number of carboxylic acid groups (broad SMARTS) is 1. The summed E-state index contributed by atoms with van der Waals surface area (Å²) in [5.41, 5.74) is 1.29. The Morgan fingerprint density at radius 1 is 1.21 bits per heavy atom. The standard InChI is InChI=1S/C27H28ClF2N3O4S/c28-20-9-16(21(30)12-23(20)32-27-31-22-3-1-2-4-24(22)38-27)10-25(34)33-13-17(29)11-18(33)14-37-19-7-5-15(6-8-19)26(35)36/h1-4,9,12,15,17-19H,5-8,10-11,13-14H2,(H,31,32)(H,35,36)/t15-,17-,18-,19-/m0/s1. The molecule has 1 aliphatic carbocycles. The molecular formula is C27H28ClF2N3O4S. The van der Waals surface area contributed by atoms with Gasteiger partial charge in [-0.1, -0.05) is 35.1 Å². The summed E-state index contributed by atoms with van der Waals surface area (Å²) in [4.78, 5) is 30.1. The Morgan fingerprint density at radius 2 is 1.97 bits per heavy atom. The third kappa shape index (κ3) is 6.08. The van der Waals surface area contributed by atoms with E-state index in [1.807, 2.05) is 24.3 Å². The molecule has 1 saturated carbocycles. The van der Waals surface area contributed by atoms with Gasteiger partial charge in [-0.3, -0.25) is 9.59 Å². The van der Waals surface area contributed by atoms with E-state index < -0.39 is 29.9 Å². The molecule has 2 N–H and O–H groups in total. The summed E-state index contributed by atoms with van der Waals surface area (Å²) in [6.45, 7) is 0.105. The highest BCUT2D eigenvalue weighted by molar-refractivity contribution is 7.22. The molecule has 1 saturated heterocycles. The Morgan fingerprint density at radius 3 is 2.71 bits per heavy atom. The minimum atomic E-state index is -1.18. The highest BCUT2D eigenvalue weighted by atomic mass is 35.5. The number of carboxylic acids is 1. The Bertz CT molecular complexity index is 1300. The predicted molar refractivity (Wildman–Crippen MR) is 142 cm³/mol. The molecule has 2 fully saturated rings. The number of hydrogen-bond acceptors (Lipinski definition) is 6. The van der Waals surface area contributed by atoms with Gasteiger partial charge in [0, 0.05) is 6.42 Å². The van der Waals surface area contributed by atoms with Crippen LogP contribution in [0.25, 0.3) is 10.2 Å². The average molecular weight is 564 g/mol. The lowest BCUT2D eigenvalue weighted by Gasteiger charge is -2.30. The quantitative estimate of drug-likeness (QED) is 0.351.